The first-order chi connectivity index (χ1) is 8.46. The fourth-order valence-corrected chi connectivity index (χ4v) is 2.49. The molecule has 0 saturated heterocycles. The van der Waals surface area contributed by atoms with E-state index in [1.165, 1.54) is 0 Å². The van der Waals surface area contributed by atoms with Crippen molar-refractivity contribution in [1.82, 2.24) is 5.32 Å². The minimum Gasteiger partial charge on any atom is -0.481 e. The van der Waals surface area contributed by atoms with E-state index in [4.69, 9.17) is 5.11 Å². The maximum atomic E-state index is 11.7. The van der Waals surface area contributed by atoms with Crippen LogP contribution in [0.2, 0.25) is 0 Å². The summed E-state index contributed by atoms with van der Waals surface area (Å²) < 4.78 is 0. The smallest absolute Gasteiger partial charge is 0.310 e. The molecule has 0 heterocycles. The van der Waals surface area contributed by atoms with Crippen LogP contribution >= 0.6 is 0 Å². The van der Waals surface area contributed by atoms with Gasteiger partial charge in [0.05, 0.1) is 11.5 Å². The topological polar surface area (TPSA) is 86.6 Å². The van der Waals surface area contributed by atoms with Gasteiger partial charge in [-0.3, -0.25) is 9.59 Å². The van der Waals surface area contributed by atoms with Gasteiger partial charge in [-0.25, -0.2) is 0 Å². The Morgan fingerprint density at radius 2 is 1.89 bits per heavy atom. The lowest BCUT2D eigenvalue weighted by Crippen LogP contribution is -2.39. The van der Waals surface area contributed by atoms with Crippen LogP contribution in [0.3, 0.4) is 0 Å². The van der Waals surface area contributed by atoms with E-state index >= 15 is 0 Å². The van der Waals surface area contributed by atoms with E-state index in [-0.39, 0.29) is 12.3 Å². The van der Waals surface area contributed by atoms with E-state index in [0.29, 0.717) is 25.8 Å². The number of amides is 1. The standard InChI is InChI=1S/C13H23NO4/c1-10(15)5-8-14-11(16)9-13(12(17)18)6-3-2-4-7-13/h10,15H,2-9H2,1H3,(H,14,16)(H,17,18). The minimum atomic E-state index is -0.868. The summed E-state index contributed by atoms with van der Waals surface area (Å²) in [6.07, 6.45) is 4.10. The Morgan fingerprint density at radius 3 is 2.39 bits per heavy atom. The number of carbonyl (C=O) groups excluding carboxylic acids is 1. The third-order valence-corrected chi connectivity index (χ3v) is 3.65. The Balaban J connectivity index is 2.46. The SMILES string of the molecule is CC(O)CCNC(=O)CC1(C(=O)O)CCCCC1. The molecule has 1 rings (SSSR count). The molecule has 1 atom stereocenters. The first kappa shape index (κ1) is 15.0. The maximum Gasteiger partial charge on any atom is 0.310 e. The van der Waals surface area contributed by atoms with Crippen LogP contribution in [0.5, 0.6) is 0 Å². The molecule has 1 aliphatic carbocycles. The van der Waals surface area contributed by atoms with Crippen molar-refractivity contribution < 1.29 is 19.8 Å². The van der Waals surface area contributed by atoms with Crippen molar-refractivity contribution in [1.29, 1.82) is 0 Å². The predicted octanol–water partition coefficient (Wildman–Crippen LogP) is 1.30. The Hall–Kier alpha value is -1.10. The minimum absolute atomic E-state index is 0.0577. The van der Waals surface area contributed by atoms with Gasteiger partial charge >= 0.3 is 5.97 Å². The third kappa shape index (κ3) is 4.29. The molecule has 18 heavy (non-hydrogen) atoms. The lowest BCUT2D eigenvalue weighted by atomic mass is 9.71. The normalized spacial score (nSPS) is 20.1. The zero-order chi connectivity index (χ0) is 13.6. The molecule has 5 nitrogen and oxygen atoms in total. The van der Waals surface area contributed by atoms with Crippen LogP contribution in [0.15, 0.2) is 0 Å². The Labute approximate surface area is 108 Å². The highest BCUT2D eigenvalue weighted by Crippen LogP contribution is 2.39. The molecule has 1 saturated carbocycles. The number of aliphatic hydroxyl groups is 1. The number of carboxylic acid groups (broad SMARTS) is 1. The molecular formula is C13H23NO4. The molecule has 3 N–H and O–H groups in total. The van der Waals surface area contributed by atoms with Gasteiger partial charge in [-0.2, -0.15) is 0 Å². The van der Waals surface area contributed by atoms with Crippen molar-refractivity contribution in [3.05, 3.63) is 0 Å². The summed E-state index contributed by atoms with van der Waals surface area (Å²) in [5.41, 5.74) is -0.868. The number of hydrogen-bond donors (Lipinski definition) is 3. The molecule has 0 aromatic rings. The molecule has 5 heteroatoms. The summed E-state index contributed by atoms with van der Waals surface area (Å²) >= 11 is 0. The third-order valence-electron chi connectivity index (χ3n) is 3.65. The fraction of sp³-hybridized carbons (Fsp3) is 0.846. The monoisotopic (exact) mass is 257 g/mol. The van der Waals surface area contributed by atoms with Gasteiger partial charge in [0.25, 0.3) is 0 Å². The van der Waals surface area contributed by atoms with Gasteiger partial charge in [0.1, 0.15) is 0 Å². The molecule has 1 unspecified atom stereocenters. The largest absolute Gasteiger partial charge is 0.481 e. The van der Waals surface area contributed by atoms with Crippen LogP contribution in [0, 0.1) is 5.41 Å². The van der Waals surface area contributed by atoms with Crippen molar-refractivity contribution in [3.63, 3.8) is 0 Å². The molecule has 0 spiro atoms. The summed E-state index contributed by atoms with van der Waals surface area (Å²) in [6, 6.07) is 0. The predicted molar refractivity (Wildman–Crippen MR) is 67.1 cm³/mol. The Bertz CT molecular complexity index is 295. The average Bonchev–Trinajstić information content (AvgIpc) is 2.29. The van der Waals surface area contributed by atoms with E-state index in [9.17, 15) is 14.7 Å². The number of hydrogen-bond acceptors (Lipinski definition) is 3. The van der Waals surface area contributed by atoms with Crippen molar-refractivity contribution in [2.75, 3.05) is 6.54 Å². The van der Waals surface area contributed by atoms with Crippen LogP contribution < -0.4 is 5.32 Å². The van der Waals surface area contributed by atoms with Gasteiger partial charge in [-0.1, -0.05) is 19.3 Å². The van der Waals surface area contributed by atoms with Crippen LogP contribution in [0.25, 0.3) is 0 Å². The second-order valence-corrected chi connectivity index (χ2v) is 5.31. The molecule has 1 fully saturated rings. The van der Waals surface area contributed by atoms with Gasteiger partial charge in [0, 0.05) is 13.0 Å². The Kier molecular flexibility index (Phi) is 5.59. The van der Waals surface area contributed by atoms with E-state index < -0.39 is 17.5 Å². The molecule has 1 amide bonds. The molecule has 104 valence electrons. The molecule has 0 aliphatic heterocycles. The summed E-state index contributed by atoms with van der Waals surface area (Å²) in [5, 5.41) is 21.1. The van der Waals surface area contributed by atoms with Crippen LogP contribution in [-0.2, 0) is 9.59 Å². The summed E-state index contributed by atoms with van der Waals surface area (Å²) in [6.45, 7) is 2.05. The van der Waals surface area contributed by atoms with Crippen LogP contribution in [0.1, 0.15) is 51.9 Å². The highest BCUT2D eigenvalue weighted by molar-refractivity contribution is 5.85. The summed E-state index contributed by atoms with van der Waals surface area (Å²) in [7, 11) is 0. The zero-order valence-corrected chi connectivity index (χ0v) is 10.9. The second kappa shape index (κ2) is 6.73. The number of nitrogens with one attached hydrogen (secondary N) is 1. The maximum absolute atomic E-state index is 11.7. The average molecular weight is 257 g/mol. The number of rotatable bonds is 6. The van der Waals surface area contributed by atoms with Crippen molar-refractivity contribution in [3.8, 4) is 0 Å². The molecule has 0 bridgehead atoms. The van der Waals surface area contributed by atoms with Gasteiger partial charge in [0.15, 0.2) is 0 Å². The van der Waals surface area contributed by atoms with E-state index in [1.54, 1.807) is 6.92 Å². The summed E-state index contributed by atoms with van der Waals surface area (Å²) in [4.78, 5) is 23.1. The summed E-state index contributed by atoms with van der Waals surface area (Å²) in [5.74, 6) is -1.08. The fourth-order valence-electron chi connectivity index (χ4n) is 2.49. The van der Waals surface area contributed by atoms with Crippen molar-refractivity contribution >= 4 is 11.9 Å². The lowest BCUT2D eigenvalue weighted by molar-refractivity contribution is -0.154. The first-order valence-electron chi connectivity index (χ1n) is 6.64. The molecular weight excluding hydrogens is 234 g/mol. The molecule has 0 aromatic carbocycles. The number of carbonyl (C=O) groups is 2. The van der Waals surface area contributed by atoms with E-state index in [1.807, 2.05) is 0 Å². The van der Waals surface area contributed by atoms with Gasteiger partial charge < -0.3 is 15.5 Å². The van der Waals surface area contributed by atoms with Crippen molar-refractivity contribution in [2.24, 2.45) is 5.41 Å². The van der Waals surface area contributed by atoms with E-state index in [0.717, 1.165) is 19.3 Å². The van der Waals surface area contributed by atoms with Gasteiger partial charge in [-0.05, 0) is 26.2 Å². The van der Waals surface area contributed by atoms with Crippen LogP contribution in [0.4, 0.5) is 0 Å². The van der Waals surface area contributed by atoms with E-state index in [2.05, 4.69) is 5.32 Å². The Morgan fingerprint density at radius 1 is 1.28 bits per heavy atom. The lowest BCUT2D eigenvalue weighted by Gasteiger charge is -2.32. The highest BCUT2D eigenvalue weighted by atomic mass is 16.4. The highest BCUT2D eigenvalue weighted by Gasteiger charge is 2.41. The van der Waals surface area contributed by atoms with Gasteiger partial charge in [0.2, 0.25) is 5.91 Å². The number of aliphatic hydroxyl groups excluding tert-OH is 1. The van der Waals surface area contributed by atoms with Crippen molar-refractivity contribution in [2.45, 2.75) is 58.0 Å². The molecule has 1 aliphatic rings. The second-order valence-electron chi connectivity index (χ2n) is 5.31. The molecule has 0 aromatic heterocycles. The number of aliphatic carboxylic acids is 1. The number of carboxylic acids is 1. The zero-order valence-electron chi connectivity index (χ0n) is 10.9. The van der Waals surface area contributed by atoms with Gasteiger partial charge in [-0.15, -0.1) is 0 Å². The van der Waals surface area contributed by atoms with Crippen LogP contribution in [-0.4, -0.2) is 34.7 Å². The first-order valence-corrected chi connectivity index (χ1v) is 6.64. The molecule has 0 radical (unpaired) electrons. The quantitative estimate of drug-likeness (QED) is 0.669.